The molecule has 1 heterocycles. The average Bonchev–Trinajstić information content (AvgIpc) is 2.23. The van der Waals surface area contributed by atoms with Crippen molar-refractivity contribution in [1.82, 2.24) is 4.57 Å². The number of nitro groups is 1. The van der Waals surface area contributed by atoms with Crippen molar-refractivity contribution in [2.75, 3.05) is 0 Å². The molecule has 0 aliphatic heterocycles. The zero-order valence-electron chi connectivity index (χ0n) is 9.34. The van der Waals surface area contributed by atoms with E-state index in [1.165, 1.54) is 0 Å². The van der Waals surface area contributed by atoms with Gasteiger partial charge in [0.15, 0.2) is 5.78 Å². The fourth-order valence-electron chi connectivity index (χ4n) is 1.15. The SMILES string of the molecule is CC(C)C(=O)Cn1cc([N+](=O)[O-])cc(Br)c1=O. The fraction of sp³-hybridized carbons (Fsp3) is 0.400. The molecule has 92 valence electrons. The first kappa shape index (κ1) is 13.6. The second-order valence-corrected chi connectivity index (χ2v) is 4.71. The predicted molar refractivity (Wildman–Crippen MR) is 64.9 cm³/mol. The molecule has 0 amide bonds. The Bertz CT molecular complexity index is 522. The van der Waals surface area contributed by atoms with Crippen LogP contribution in [0.15, 0.2) is 21.5 Å². The Morgan fingerprint density at radius 2 is 2.18 bits per heavy atom. The zero-order valence-corrected chi connectivity index (χ0v) is 10.9. The lowest BCUT2D eigenvalue weighted by Gasteiger charge is -2.07. The van der Waals surface area contributed by atoms with E-state index in [4.69, 9.17) is 0 Å². The monoisotopic (exact) mass is 302 g/mol. The van der Waals surface area contributed by atoms with Crippen molar-refractivity contribution in [3.63, 3.8) is 0 Å². The van der Waals surface area contributed by atoms with E-state index in [0.29, 0.717) is 0 Å². The van der Waals surface area contributed by atoms with Gasteiger partial charge in [-0.15, -0.1) is 0 Å². The summed E-state index contributed by atoms with van der Waals surface area (Å²) in [5.41, 5.74) is -0.683. The summed E-state index contributed by atoms with van der Waals surface area (Å²) in [4.78, 5) is 33.2. The van der Waals surface area contributed by atoms with E-state index in [1.807, 2.05) is 0 Å². The molecule has 0 aliphatic carbocycles. The fourth-order valence-corrected chi connectivity index (χ4v) is 1.61. The van der Waals surface area contributed by atoms with Crippen molar-refractivity contribution >= 4 is 27.4 Å². The van der Waals surface area contributed by atoms with Gasteiger partial charge in [0.25, 0.3) is 11.2 Å². The first-order chi connectivity index (χ1) is 7.82. The first-order valence-corrected chi connectivity index (χ1v) is 5.69. The van der Waals surface area contributed by atoms with E-state index in [1.54, 1.807) is 13.8 Å². The van der Waals surface area contributed by atoms with Crippen LogP contribution >= 0.6 is 15.9 Å². The summed E-state index contributed by atoms with van der Waals surface area (Å²) in [5, 5.41) is 10.6. The number of halogens is 1. The molecule has 0 saturated heterocycles. The molecule has 0 spiro atoms. The number of hydrogen-bond donors (Lipinski definition) is 0. The van der Waals surface area contributed by atoms with Gasteiger partial charge in [0.05, 0.1) is 22.1 Å². The summed E-state index contributed by atoms with van der Waals surface area (Å²) in [7, 11) is 0. The molecule has 0 aliphatic rings. The number of rotatable bonds is 4. The van der Waals surface area contributed by atoms with Crippen molar-refractivity contribution in [3.05, 3.63) is 37.2 Å². The molecule has 1 aromatic rings. The summed E-state index contributed by atoms with van der Waals surface area (Å²) in [6, 6.07) is 1.12. The normalized spacial score (nSPS) is 10.6. The van der Waals surface area contributed by atoms with Crippen LogP contribution in [-0.4, -0.2) is 15.3 Å². The Hall–Kier alpha value is -1.50. The Balaban J connectivity index is 3.19. The summed E-state index contributed by atoms with van der Waals surface area (Å²) in [6.07, 6.45) is 1.08. The number of pyridine rings is 1. The van der Waals surface area contributed by atoms with Crippen LogP contribution in [0.4, 0.5) is 5.69 Å². The largest absolute Gasteiger partial charge is 0.300 e. The molecule has 7 heteroatoms. The van der Waals surface area contributed by atoms with E-state index in [0.717, 1.165) is 16.8 Å². The number of carbonyl (C=O) groups is 1. The van der Waals surface area contributed by atoms with Crippen LogP contribution in [-0.2, 0) is 11.3 Å². The lowest BCUT2D eigenvalue weighted by atomic mass is 10.1. The number of Topliss-reactive ketones (excluding diaryl/α,β-unsaturated/α-hetero) is 1. The van der Waals surface area contributed by atoms with Crippen LogP contribution in [0.3, 0.4) is 0 Å². The van der Waals surface area contributed by atoms with Gasteiger partial charge < -0.3 is 4.57 Å². The van der Waals surface area contributed by atoms with Gasteiger partial charge >= 0.3 is 0 Å². The third kappa shape index (κ3) is 3.23. The molecule has 0 atom stereocenters. The molecule has 1 rings (SSSR count). The van der Waals surface area contributed by atoms with Crippen LogP contribution in [0.1, 0.15) is 13.8 Å². The first-order valence-electron chi connectivity index (χ1n) is 4.90. The van der Waals surface area contributed by atoms with E-state index < -0.39 is 10.5 Å². The predicted octanol–water partition coefficient (Wildman–Crippen LogP) is 1.74. The molecular weight excluding hydrogens is 292 g/mol. The molecule has 0 aromatic carbocycles. The van der Waals surface area contributed by atoms with Gasteiger partial charge in [-0.2, -0.15) is 0 Å². The van der Waals surface area contributed by atoms with Gasteiger partial charge in [0, 0.05) is 12.0 Å². The number of hydrogen-bond acceptors (Lipinski definition) is 4. The van der Waals surface area contributed by atoms with E-state index >= 15 is 0 Å². The second kappa shape index (κ2) is 5.22. The Morgan fingerprint density at radius 1 is 1.59 bits per heavy atom. The van der Waals surface area contributed by atoms with E-state index in [9.17, 15) is 19.7 Å². The third-order valence-electron chi connectivity index (χ3n) is 2.21. The van der Waals surface area contributed by atoms with Gasteiger partial charge in [-0.05, 0) is 15.9 Å². The molecular formula is C10H11BrN2O4. The lowest BCUT2D eigenvalue weighted by Crippen LogP contribution is -2.26. The van der Waals surface area contributed by atoms with Crippen LogP contribution in [0.2, 0.25) is 0 Å². The molecule has 0 radical (unpaired) electrons. The molecule has 0 bridgehead atoms. The van der Waals surface area contributed by atoms with Crippen molar-refractivity contribution in [1.29, 1.82) is 0 Å². The van der Waals surface area contributed by atoms with Gasteiger partial charge in [0.1, 0.15) is 0 Å². The minimum atomic E-state index is -0.611. The Kier molecular flexibility index (Phi) is 4.17. The zero-order chi connectivity index (χ0) is 13.2. The summed E-state index contributed by atoms with van der Waals surface area (Å²) in [6.45, 7) is 3.26. The van der Waals surface area contributed by atoms with Crippen LogP contribution in [0, 0.1) is 16.0 Å². The topological polar surface area (TPSA) is 82.2 Å². The number of carbonyl (C=O) groups excluding carboxylic acids is 1. The van der Waals surface area contributed by atoms with Crippen molar-refractivity contribution in [2.24, 2.45) is 5.92 Å². The lowest BCUT2D eigenvalue weighted by molar-refractivity contribution is -0.385. The highest BCUT2D eigenvalue weighted by Gasteiger charge is 2.15. The highest BCUT2D eigenvalue weighted by atomic mass is 79.9. The quantitative estimate of drug-likeness (QED) is 0.626. The average molecular weight is 303 g/mol. The van der Waals surface area contributed by atoms with Gasteiger partial charge in [-0.25, -0.2) is 0 Å². The maximum Gasteiger partial charge on any atom is 0.286 e. The highest BCUT2D eigenvalue weighted by Crippen LogP contribution is 2.14. The van der Waals surface area contributed by atoms with E-state index in [-0.39, 0.29) is 28.4 Å². The maximum atomic E-state index is 11.6. The van der Waals surface area contributed by atoms with Crippen molar-refractivity contribution in [2.45, 2.75) is 20.4 Å². The molecule has 0 fully saturated rings. The van der Waals surface area contributed by atoms with Crippen LogP contribution in [0.25, 0.3) is 0 Å². The second-order valence-electron chi connectivity index (χ2n) is 3.86. The minimum Gasteiger partial charge on any atom is -0.300 e. The maximum absolute atomic E-state index is 11.6. The number of aromatic nitrogens is 1. The molecule has 17 heavy (non-hydrogen) atoms. The molecule has 0 unspecified atom stereocenters. The molecule has 0 N–H and O–H groups in total. The minimum absolute atomic E-state index is 0.0725. The molecule has 6 nitrogen and oxygen atoms in total. The smallest absolute Gasteiger partial charge is 0.286 e. The molecule has 0 saturated carbocycles. The van der Waals surface area contributed by atoms with Gasteiger partial charge in [0.2, 0.25) is 0 Å². The van der Waals surface area contributed by atoms with E-state index in [2.05, 4.69) is 15.9 Å². The number of nitrogens with zero attached hydrogens (tertiary/aromatic N) is 2. The van der Waals surface area contributed by atoms with Crippen molar-refractivity contribution in [3.8, 4) is 0 Å². The van der Waals surface area contributed by atoms with Crippen molar-refractivity contribution < 1.29 is 9.72 Å². The van der Waals surface area contributed by atoms with Crippen LogP contribution < -0.4 is 5.56 Å². The summed E-state index contributed by atoms with van der Waals surface area (Å²) < 4.78 is 1.12. The third-order valence-corrected chi connectivity index (χ3v) is 2.78. The standard InChI is InChI=1S/C10H11BrN2O4/c1-6(2)9(14)5-12-4-7(13(16)17)3-8(11)10(12)15/h3-4,6H,5H2,1-2H3. The van der Waals surface area contributed by atoms with Crippen LogP contribution in [0.5, 0.6) is 0 Å². The summed E-state index contributed by atoms with van der Waals surface area (Å²) >= 11 is 2.94. The van der Waals surface area contributed by atoms with Gasteiger partial charge in [-0.3, -0.25) is 19.7 Å². The Labute approximate surface area is 106 Å². The molecule has 1 aromatic heterocycles. The summed E-state index contributed by atoms with van der Waals surface area (Å²) in [5.74, 6) is -0.376. The number of ketones is 1. The highest BCUT2D eigenvalue weighted by molar-refractivity contribution is 9.10. The Morgan fingerprint density at radius 3 is 2.65 bits per heavy atom. The van der Waals surface area contributed by atoms with Gasteiger partial charge in [-0.1, -0.05) is 13.8 Å².